The number of carbonyl (C=O) groups excluding carboxylic acids is 2. The Kier molecular flexibility index (Phi) is 4.64. The molecule has 2 heterocycles. The van der Waals surface area contributed by atoms with E-state index in [-0.39, 0.29) is 17.2 Å². The highest BCUT2D eigenvalue weighted by molar-refractivity contribution is 5.97. The van der Waals surface area contributed by atoms with Gasteiger partial charge in [0.2, 0.25) is 5.91 Å². The first-order valence-corrected chi connectivity index (χ1v) is 8.82. The summed E-state index contributed by atoms with van der Waals surface area (Å²) in [6.07, 6.45) is 0.506. The summed E-state index contributed by atoms with van der Waals surface area (Å²) in [5.74, 6) is -0.404. The lowest BCUT2D eigenvalue weighted by Crippen LogP contribution is -2.51. The van der Waals surface area contributed by atoms with Gasteiger partial charge in [0.15, 0.2) is 5.58 Å². The first kappa shape index (κ1) is 18.2. The monoisotopic (exact) mass is 359 g/mol. The fraction of sp³-hybridized carbons (Fsp3) is 0.526. The first-order valence-electron chi connectivity index (χ1n) is 8.82. The Morgan fingerprint density at radius 2 is 1.69 bits per heavy atom. The van der Waals surface area contributed by atoms with Gasteiger partial charge in [0.25, 0.3) is 5.91 Å². The molecule has 3 rings (SSSR count). The zero-order chi connectivity index (χ0) is 19.1. The minimum atomic E-state index is -0.449. The van der Waals surface area contributed by atoms with Crippen LogP contribution < -0.4 is 5.76 Å². The van der Waals surface area contributed by atoms with Crippen molar-refractivity contribution in [3.05, 3.63) is 34.3 Å². The zero-order valence-corrected chi connectivity index (χ0v) is 15.7. The molecule has 0 aliphatic carbocycles. The average molecular weight is 359 g/mol. The molecule has 0 unspecified atom stereocenters. The normalized spacial score (nSPS) is 15.5. The Bertz CT molecular complexity index is 896. The maximum atomic E-state index is 12.8. The van der Waals surface area contributed by atoms with E-state index in [1.165, 1.54) is 4.57 Å². The van der Waals surface area contributed by atoms with Gasteiger partial charge in [0.1, 0.15) is 0 Å². The number of aromatic nitrogens is 1. The number of benzene rings is 1. The number of hydrogen-bond donors (Lipinski definition) is 0. The molecule has 140 valence electrons. The molecule has 2 amide bonds. The topological polar surface area (TPSA) is 75.8 Å². The van der Waals surface area contributed by atoms with Gasteiger partial charge in [-0.25, -0.2) is 4.79 Å². The molecule has 1 aromatic carbocycles. The van der Waals surface area contributed by atoms with Crippen LogP contribution in [0.25, 0.3) is 11.1 Å². The second-order valence-electron chi connectivity index (χ2n) is 8.02. The average Bonchev–Trinajstić information content (AvgIpc) is 2.87. The molecular formula is C19H25N3O4. The molecule has 1 aliphatic rings. The molecule has 26 heavy (non-hydrogen) atoms. The molecule has 1 aliphatic heterocycles. The summed E-state index contributed by atoms with van der Waals surface area (Å²) in [6, 6.07) is 5.00. The molecule has 2 aromatic rings. The van der Waals surface area contributed by atoms with Crippen molar-refractivity contribution in [2.75, 3.05) is 26.2 Å². The van der Waals surface area contributed by atoms with Crippen LogP contribution in [0.3, 0.4) is 0 Å². The van der Waals surface area contributed by atoms with Crippen LogP contribution >= 0.6 is 0 Å². The minimum Gasteiger partial charge on any atom is -0.408 e. The second kappa shape index (κ2) is 6.63. The second-order valence-corrected chi connectivity index (χ2v) is 8.02. The van der Waals surface area contributed by atoms with Gasteiger partial charge in [-0.05, 0) is 23.6 Å². The van der Waals surface area contributed by atoms with Crippen LogP contribution in [-0.4, -0.2) is 52.4 Å². The molecule has 0 spiro atoms. The van der Waals surface area contributed by atoms with E-state index in [4.69, 9.17) is 4.42 Å². The number of oxazole rings is 1. The molecule has 0 radical (unpaired) electrons. The van der Waals surface area contributed by atoms with Gasteiger partial charge >= 0.3 is 5.76 Å². The number of aryl methyl sites for hydroxylation is 1. The Labute approximate surface area is 152 Å². The molecule has 0 atom stereocenters. The Balaban J connectivity index is 1.68. The highest BCUT2D eigenvalue weighted by Gasteiger charge is 2.27. The lowest BCUT2D eigenvalue weighted by molar-refractivity contribution is -0.134. The lowest BCUT2D eigenvalue weighted by atomic mass is 9.91. The van der Waals surface area contributed by atoms with Gasteiger partial charge in [0, 0.05) is 45.2 Å². The fourth-order valence-corrected chi connectivity index (χ4v) is 3.17. The lowest BCUT2D eigenvalue weighted by Gasteiger charge is -2.36. The summed E-state index contributed by atoms with van der Waals surface area (Å²) in [5, 5.41) is 0. The maximum Gasteiger partial charge on any atom is 0.419 e. The summed E-state index contributed by atoms with van der Waals surface area (Å²) in [6.45, 7) is 8.26. The Morgan fingerprint density at radius 1 is 1.08 bits per heavy atom. The van der Waals surface area contributed by atoms with Crippen LogP contribution in [0.1, 0.15) is 37.6 Å². The number of amides is 2. The number of rotatable bonds is 2. The quantitative estimate of drug-likeness (QED) is 0.820. The van der Waals surface area contributed by atoms with Crippen molar-refractivity contribution < 1.29 is 14.0 Å². The van der Waals surface area contributed by atoms with Crippen molar-refractivity contribution in [1.29, 1.82) is 0 Å². The van der Waals surface area contributed by atoms with Crippen molar-refractivity contribution >= 4 is 22.9 Å². The molecule has 1 saturated heterocycles. The van der Waals surface area contributed by atoms with Crippen molar-refractivity contribution in [2.24, 2.45) is 12.5 Å². The molecule has 0 bridgehead atoms. The van der Waals surface area contributed by atoms with Crippen molar-refractivity contribution in [1.82, 2.24) is 14.4 Å². The highest BCUT2D eigenvalue weighted by Crippen LogP contribution is 2.21. The van der Waals surface area contributed by atoms with E-state index in [2.05, 4.69) is 0 Å². The number of piperazine rings is 1. The van der Waals surface area contributed by atoms with E-state index >= 15 is 0 Å². The van der Waals surface area contributed by atoms with Gasteiger partial charge in [-0.15, -0.1) is 0 Å². The number of nitrogens with zero attached hydrogens (tertiary/aromatic N) is 3. The third-order valence-corrected chi connectivity index (χ3v) is 4.64. The largest absolute Gasteiger partial charge is 0.419 e. The smallest absolute Gasteiger partial charge is 0.408 e. The van der Waals surface area contributed by atoms with Crippen LogP contribution in [0.5, 0.6) is 0 Å². The summed E-state index contributed by atoms with van der Waals surface area (Å²) < 4.78 is 6.48. The Hall–Kier alpha value is -2.57. The molecule has 1 aromatic heterocycles. The third-order valence-electron chi connectivity index (χ3n) is 4.64. The van der Waals surface area contributed by atoms with Crippen molar-refractivity contribution in [3.8, 4) is 0 Å². The van der Waals surface area contributed by atoms with E-state index in [1.807, 2.05) is 25.7 Å². The third kappa shape index (κ3) is 3.66. The fourth-order valence-electron chi connectivity index (χ4n) is 3.17. The summed E-state index contributed by atoms with van der Waals surface area (Å²) in [7, 11) is 1.61. The zero-order valence-electron chi connectivity index (χ0n) is 15.7. The van der Waals surface area contributed by atoms with Crippen LogP contribution in [0.2, 0.25) is 0 Å². The van der Waals surface area contributed by atoms with E-state index in [0.29, 0.717) is 49.3 Å². The highest BCUT2D eigenvalue weighted by atomic mass is 16.4. The molecule has 7 nitrogen and oxygen atoms in total. The summed E-state index contributed by atoms with van der Waals surface area (Å²) >= 11 is 0. The molecular weight excluding hydrogens is 334 g/mol. The predicted octanol–water partition coefficient (Wildman–Crippen LogP) is 1.85. The number of hydrogen-bond acceptors (Lipinski definition) is 4. The number of fused-ring (bicyclic) bond motifs is 1. The molecule has 1 fully saturated rings. The van der Waals surface area contributed by atoms with E-state index in [9.17, 15) is 14.4 Å². The SMILES string of the molecule is Cn1c(=O)oc2ccc(C(=O)N3CCN(C(=O)CC(C)(C)C)CC3)cc21. The van der Waals surface area contributed by atoms with E-state index in [0.717, 1.165) is 0 Å². The van der Waals surface area contributed by atoms with Crippen LogP contribution in [0, 0.1) is 5.41 Å². The van der Waals surface area contributed by atoms with Crippen molar-refractivity contribution in [2.45, 2.75) is 27.2 Å². The van der Waals surface area contributed by atoms with Crippen LogP contribution in [0.4, 0.5) is 0 Å². The first-order chi connectivity index (χ1) is 12.2. The number of carbonyl (C=O) groups is 2. The maximum absolute atomic E-state index is 12.8. The molecule has 7 heteroatoms. The van der Waals surface area contributed by atoms with E-state index in [1.54, 1.807) is 30.1 Å². The Morgan fingerprint density at radius 3 is 2.31 bits per heavy atom. The summed E-state index contributed by atoms with van der Waals surface area (Å²) in [5.41, 5.74) is 1.54. The van der Waals surface area contributed by atoms with Gasteiger partial charge in [-0.1, -0.05) is 20.8 Å². The summed E-state index contributed by atoms with van der Waals surface area (Å²) in [4.78, 5) is 40.3. The van der Waals surface area contributed by atoms with Gasteiger partial charge < -0.3 is 14.2 Å². The van der Waals surface area contributed by atoms with Crippen molar-refractivity contribution in [3.63, 3.8) is 0 Å². The molecule has 0 saturated carbocycles. The van der Waals surface area contributed by atoms with E-state index < -0.39 is 5.76 Å². The standard InChI is InChI=1S/C19H25N3O4/c1-19(2,3)12-16(23)21-7-9-22(10-8-21)17(24)13-5-6-15-14(11-13)20(4)18(25)26-15/h5-6,11H,7-10,12H2,1-4H3. The molecule has 0 N–H and O–H groups in total. The minimum absolute atomic E-state index is 0.0417. The van der Waals surface area contributed by atoms with Gasteiger partial charge in [-0.3, -0.25) is 14.2 Å². The van der Waals surface area contributed by atoms with Crippen LogP contribution in [-0.2, 0) is 11.8 Å². The van der Waals surface area contributed by atoms with Crippen LogP contribution in [0.15, 0.2) is 27.4 Å². The van der Waals surface area contributed by atoms with Gasteiger partial charge in [-0.2, -0.15) is 0 Å². The van der Waals surface area contributed by atoms with Gasteiger partial charge in [0.05, 0.1) is 5.52 Å². The predicted molar refractivity (Wildman–Crippen MR) is 98.0 cm³/mol.